The average Bonchev–Trinajstić information content (AvgIpc) is 2.30. The summed E-state index contributed by atoms with van der Waals surface area (Å²) < 4.78 is 5.73. The topological polar surface area (TPSA) is 26.3 Å². The van der Waals surface area contributed by atoms with Crippen LogP contribution in [0, 0.1) is 0 Å². The maximum Gasteiger partial charge on any atom is 0.163 e. The van der Waals surface area contributed by atoms with Gasteiger partial charge in [0, 0.05) is 12.0 Å². The second-order valence-electron chi connectivity index (χ2n) is 4.43. The Morgan fingerprint density at radius 3 is 2.94 bits per heavy atom. The first-order valence-electron chi connectivity index (χ1n) is 6.03. The largest absolute Gasteiger partial charge is 0.491 e. The average molecular weight is 218 g/mol. The highest BCUT2D eigenvalue weighted by atomic mass is 16.5. The third kappa shape index (κ3) is 2.26. The Morgan fingerprint density at radius 2 is 2.19 bits per heavy atom. The van der Waals surface area contributed by atoms with Crippen LogP contribution in [-0.2, 0) is 6.42 Å². The number of hydrogen-bond donors (Lipinski definition) is 0. The molecule has 1 aromatic carbocycles. The first-order valence-corrected chi connectivity index (χ1v) is 6.03. The smallest absolute Gasteiger partial charge is 0.163 e. The van der Waals surface area contributed by atoms with Gasteiger partial charge in [-0.2, -0.15) is 0 Å². The molecule has 1 aromatic rings. The number of Topliss-reactive ketones (excluding diaryl/α,β-unsaturated/α-hetero) is 1. The van der Waals surface area contributed by atoms with E-state index in [1.807, 2.05) is 25.1 Å². The summed E-state index contributed by atoms with van der Waals surface area (Å²) in [6, 6.07) is 5.91. The lowest BCUT2D eigenvalue weighted by Gasteiger charge is -2.17. The summed E-state index contributed by atoms with van der Waals surface area (Å²) in [6.45, 7) is 4.13. The van der Waals surface area contributed by atoms with Gasteiger partial charge in [0.2, 0.25) is 0 Å². The number of ether oxygens (including phenoxy) is 1. The number of carbonyl (C=O) groups is 1. The van der Waals surface area contributed by atoms with Gasteiger partial charge in [0.15, 0.2) is 5.78 Å². The standard InChI is InChI=1S/C14H18O2/c1-3-10(2)16-12-8-7-11-5-4-6-14(15)13(11)9-12/h7-10H,3-6H2,1-2H3. The van der Waals surface area contributed by atoms with Crippen molar-refractivity contribution >= 4 is 5.78 Å². The van der Waals surface area contributed by atoms with Gasteiger partial charge in [-0.15, -0.1) is 0 Å². The van der Waals surface area contributed by atoms with Gasteiger partial charge < -0.3 is 4.74 Å². The maximum absolute atomic E-state index is 11.7. The molecule has 0 bridgehead atoms. The highest BCUT2D eigenvalue weighted by molar-refractivity contribution is 5.98. The van der Waals surface area contributed by atoms with Gasteiger partial charge in [0.05, 0.1) is 6.10 Å². The van der Waals surface area contributed by atoms with Crippen LogP contribution in [-0.4, -0.2) is 11.9 Å². The number of hydrogen-bond acceptors (Lipinski definition) is 2. The first kappa shape index (κ1) is 11.2. The third-order valence-electron chi connectivity index (χ3n) is 3.14. The molecule has 0 spiro atoms. The van der Waals surface area contributed by atoms with Crippen LogP contribution in [0.2, 0.25) is 0 Å². The minimum Gasteiger partial charge on any atom is -0.491 e. The normalized spacial score (nSPS) is 16.8. The van der Waals surface area contributed by atoms with Crippen LogP contribution in [0.1, 0.15) is 49.0 Å². The molecule has 0 N–H and O–H groups in total. The number of rotatable bonds is 3. The van der Waals surface area contributed by atoms with E-state index in [0.29, 0.717) is 6.42 Å². The molecule has 0 radical (unpaired) electrons. The molecule has 16 heavy (non-hydrogen) atoms. The van der Waals surface area contributed by atoms with Crippen LogP contribution < -0.4 is 4.74 Å². The zero-order chi connectivity index (χ0) is 11.5. The van der Waals surface area contributed by atoms with Gasteiger partial charge in [-0.3, -0.25) is 4.79 Å². The van der Waals surface area contributed by atoms with Crippen LogP contribution in [0.4, 0.5) is 0 Å². The molecule has 2 heteroatoms. The minimum atomic E-state index is 0.205. The van der Waals surface area contributed by atoms with E-state index in [-0.39, 0.29) is 11.9 Å². The Labute approximate surface area is 96.6 Å². The van der Waals surface area contributed by atoms with Crippen molar-refractivity contribution in [2.75, 3.05) is 0 Å². The van der Waals surface area contributed by atoms with E-state index in [2.05, 4.69) is 6.92 Å². The molecule has 1 aliphatic carbocycles. The van der Waals surface area contributed by atoms with Gasteiger partial charge in [-0.25, -0.2) is 0 Å². The molecule has 0 amide bonds. The molecule has 0 saturated carbocycles. The Balaban J connectivity index is 2.23. The molecular formula is C14H18O2. The molecule has 2 rings (SSSR count). The van der Waals surface area contributed by atoms with Crippen molar-refractivity contribution in [1.29, 1.82) is 0 Å². The Kier molecular flexibility index (Phi) is 3.28. The van der Waals surface area contributed by atoms with E-state index in [1.54, 1.807) is 0 Å². The summed E-state index contributed by atoms with van der Waals surface area (Å²) in [4.78, 5) is 11.7. The molecule has 0 aliphatic heterocycles. The fourth-order valence-corrected chi connectivity index (χ4v) is 2.00. The van der Waals surface area contributed by atoms with E-state index >= 15 is 0 Å². The monoisotopic (exact) mass is 218 g/mol. The van der Waals surface area contributed by atoms with E-state index in [1.165, 1.54) is 5.56 Å². The van der Waals surface area contributed by atoms with Crippen molar-refractivity contribution in [3.8, 4) is 5.75 Å². The van der Waals surface area contributed by atoms with Crippen molar-refractivity contribution in [2.24, 2.45) is 0 Å². The van der Waals surface area contributed by atoms with Crippen molar-refractivity contribution in [3.63, 3.8) is 0 Å². The van der Waals surface area contributed by atoms with Gasteiger partial charge >= 0.3 is 0 Å². The molecule has 1 atom stereocenters. The lowest BCUT2D eigenvalue weighted by atomic mass is 9.90. The quantitative estimate of drug-likeness (QED) is 0.777. The van der Waals surface area contributed by atoms with Crippen molar-refractivity contribution in [3.05, 3.63) is 29.3 Å². The van der Waals surface area contributed by atoms with Gasteiger partial charge in [0.25, 0.3) is 0 Å². The molecule has 2 nitrogen and oxygen atoms in total. The van der Waals surface area contributed by atoms with E-state index in [0.717, 1.165) is 30.6 Å². The van der Waals surface area contributed by atoms with Gasteiger partial charge in [-0.05, 0) is 43.9 Å². The fraction of sp³-hybridized carbons (Fsp3) is 0.500. The minimum absolute atomic E-state index is 0.205. The lowest BCUT2D eigenvalue weighted by Crippen LogP contribution is -2.13. The van der Waals surface area contributed by atoms with Crippen LogP contribution >= 0.6 is 0 Å². The SMILES string of the molecule is CCC(C)Oc1ccc2c(c1)C(=O)CCC2. The van der Waals surface area contributed by atoms with E-state index in [9.17, 15) is 4.79 Å². The fourth-order valence-electron chi connectivity index (χ4n) is 2.00. The number of fused-ring (bicyclic) bond motifs is 1. The summed E-state index contributed by atoms with van der Waals surface area (Å²) in [7, 11) is 0. The van der Waals surface area contributed by atoms with Crippen molar-refractivity contribution < 1.29 is 9.53 Å². The zero-order valence-electron chi connectivity index (χ0n) is 9.95. The zero-order valence-corrected chi connectivity index (χ0v) is 9.95. The number of carbonyl (C=O) groups excluding carboxylic acids is 1. The van der Waals surface area contributed by atoms with Crippen LogP contribution in [0.25, 0.3) is 0 Å². The second kappa shape index (κ2) is 4.69. The van der Waals surface area contributed by atoms with Crippen molar-refractivity contribution in [2.45, 2.75) is 45.6 Å². The van der Waals surface area contributed by atoms with Crippen LogP contribution in [0.15, 0.2) is 18.2 Å². The first-order chi connectivity index (χ1) is 7.70. The summed E-state index contributed by atoms with van der Waals surface area (Å²) in [5.74, 6) is 1.08. The number of benzene rings is 1. The highest BCUT2D eigenvalue weighted by Gasteiger charge is 2.17. The molecule has 0 aromatic heterocycles. The molecule has 0 heterocycles. The summed E-state index contributed by atoms with van der Waals surface area (Å²) in [5, 5.41) is 0. The van der Waals surface area contributed by atoms with Crippen LogP contribution in [0.3, 0.4) is 0 Å². The Hall–Kier alpha value is -1.31. The third-order valence-corrected chi connectivity index (χ3v) is 3.14. The lowest BCUT2D eigenvalue weighted by molar-refractivity contribution is 0.0971. The van der Waals surface area contributed by atoms with Crippen molar-refractivity contribution in [1.82, 2.24) is 0 Å². The number of aryl methyl sites for hydroxylation is 1. The summed E-state index contributed by atoms with van der Waals surface area (Å²) in [6.07, 6.45) is 3.86. The predicted octanol–water partition coefficient (Wildman–Crippen LogP) is 3.38. The Morgan fingerprint density at radius 1 is 1.38 bits per heavy atom. The Bertz CT molecular complexity index is 396. The molecule has 1 aliphatic rings. The molecule has 0 fully saturated rings. The summed E-state index contributed by atoms with van der Waals surface area (Å²) >= 11 is 0. The van der Waals surface area contributed by atoms with E-state index in [4.69, 9.17) is 4.74 Å². The van der Waals surface area contributed by atoms with Crippen LogP contribution in [0.5, 0.6) is 5.75 Å². The molecule has 0 saturated heterocycles. The second-order valence-corrected chi connectivity index (χ2v) is 4.43. The molecule has 1 unspecified atom stereocenters. The molecular weight excluding hydrogens is 200 g/mol. The predicted molar refractivity (Wildman–Crippen MR) is 64.1 cm³/mol. The summed E-state index contributed by atoms with van der Waals surface area (Å²) in [5.41, 5.74) is 2.04. The number of ketones is 1. The molecule has 86 valence electrons. The highest BCUT2D eigenvalue weighted by Crippen LogP contribution is 2.26. The van der Waals surface area contributed by atoms with Gasteiger partial charge in [0.1, 0.15) is 5.75 Å². The van der Waals surface area contributed by atoms with Gasteiger partial charge in [-0.1, -0.05) is 13.0 Å². The maximum atomic E-state index is 11.7. The van der Waals surface area contributed by atoms with E-state index < -0.39 is 0 Å².